The molecule has 1 amide bonds. The van der Waals surface area contributed by atoms with E-state index in [-0.39, 0.29) is 6.61 Å². The number of amides is 1. The summed E-state index contributed by atoms with van der Waals surface area (Å²) in [6.45, 7) is 4.39. The topological polar surface area (TPSA) is 90.1 Å². The standard InChI is InChI=1S/C10H15ClN4O2/c1-6-9(11)14-7(2)15-10(6)13-3-4-17-5-8(12)16/h3-5H2,1-2H3,(H2,12,16)(H,13,14,15). The minimum absolute atomic E-state index is 0.0791. The summed E-state index contributed by atoms with van der Waals surface area (Å²) in [5.74, 6) is 0.786. The Morgan fingerprint density at radius 1 is 1.47 bits per heavy atom. The van der Waals surface area contributed by atoms with E-state index in [0.29, 0.717) is 29.9 Å². The lowest BCUT2D eigenvalue weighted by atomic mass is 10.3. The summed E-state index contributed by atoms with van der Waals surface area (Å²) in [6.07, 6.45) is 0. The van der Waals surface area contributed by atoms with E-state index in [1.54, 1.807) is 6.92 Å². The fourth-order valence-corrected chi connectivity index (χ4v) is 1.39. The fourth-order valence-electron chi connectivity index (χ4n) is 1.18. The minimum atomic E-state index is -0.484. The molecule has 1 aromatic rings. The maximum Gasteiger partial charge on any atom is 0.243 e. The molecule has 6 nitrogen and oxygen atoms in total. The third-order valence-electron chi connectivity index (χ3n) is 1.98. The highest BCUT2D eigenvalue weighted by atomic mass is 35.5. The van der Waals surface area contributed by atoms with Gasteiger partial charge in [0.2, 0.25) is 5.91 Å². The number of ether oxygens (including phenoxy) is 1. The van der Waals surface area contributed by atoms with Gasteiger partial charge in [-0.05, 0) is 13.8 Å². The van der Waals surface area contributed by atoms with Gasteiger partial charge in [0.25, 0.3) is 0 Å². The van der Waals surface area contributed by atoms with Gasteiger partial charge < -0.3 is 15.8 Å². The summed E-state index contributed by atoms with van der Waals surface area (Å²) in [5.41, 5.74) is 5.71. The second-order valence-electron chi connectivity index (χ2n) is 3.48. The number of primary amides is 1. The van der Waals surface area contributed by atoms with Gasteiger partial charge in [-0.25, -0.2) is 9.97 Å². The lowest BCUT2D eigenvalue weighted by Gasteiger charge is -2.10. The lowest BCUT2D eigenvalue weighted by Crippen LogP contribution is -2.21. The van der Waals surface area contributed by atoms with Crippen molar-refractivity contribution in [1.29, 1.82) is 0 Å². The van der Waals surface area contributed by atoms with Gasteiger partial charge in [0, 0.05) is 12.1 Å². The number of aryl methyl sites for hydroxylation is 1. The Kier molecular flexibility index (Phi) is 5.11. The van der Waals surface area contributed by atoms with E-state index in [0.717, 1.165) is 5.56 Å². The zero-order chi connectivity index (χ0) is 12.8. The van der Waals surface area contributed by atoms with Crippen LogP contribution in [0.1, 0.15) is 11.4 Å². The Morgan fingerprint density at radius 2 is 2.18 bits per heavy atom. The average Bonchev–Trinajstić information content (AvgIpc) is 2.23. The van der Waals surface area contributed by atoms with Gasteiger partial charge in [-0.3, -0.25) is 4.79 Å². The van der Waals surface area contributed by atoms with Crippen LogP contribution in [0.3, 0.4) is 0 Å². The third-order valence-corrected chi connectivity index (χ3v) is 2.35. The molecular formula is C10H15ClN4O2. The van der Waals surface area contributed by atoms with Crippen molar-refractivity contribution in [1.82, 2.24) is 9.97 Å². The van der Waals surface area contributed by atoms with Gasteiger partial charge in [0.15, 0.2) is 0 Å². The van der Waals surface area contributed by atoms with E-state index in [9.17, 15) is 4.79 Å². The van der Waals surface area contributed by atoms with Gasteiger partial charge >= 0.3 is 0 Å². The maximum atomic E-state index is 10.4. The quantitative estimate of drug-likeness (QED) is 0.578. The van der Waals surface area contributed by atoms with Crippen LogP contribution in [0, 0.1) is 13.8 Å². The van der Waals surface area contributed by atoms with Crippen LogP contribution < -0.4 is 11.1 Å². The highest BCUT2D eigenvalue weighted by Crippen LogP contribution is 2.19. The molecule has 0 saturated heterocycles. The molecule has 17 heavy (non-hydrogen) atoms. The van der Waals surface area contributed by atoms with Gasteiger partial charge in [-0.15, -0.1) is 0 Å². The van der Waals surface area contributed by atoms with E-state index in [4.69, 9.17) is 22.1 Å². The van der Waals surface area contributed by atoms with Crippen molar-refractivity contribution in [2.24, 2.45) is 5.73 Å². The van der Waals surface area contributed by atoms with Crippen molar-refractivity contribution < 1.29 is 9.53 Å². The first-order valence-corrected chi connectivity index (χ1v) is 5.49. The molecule has 0 fully saturated rings. The van der Waals surface area contributed by atoms with E-state index in [1.807, 2.05) is 6.92 Å². The molecule has 1 heterocycles. The van der Waals surface area contributed by atoms with E-state index >= 15 is 0 Å². The molecule has 0 aromatic carbocycles. The van der Waals surface area contributed by atoms with Crippen LogP contribution in [-0.4, -0.2) is 35.6 Å². The number of hydrogen-bond donors (Lipinski definition) is 2. The fraction of sp³-hybridized carbons (Fsp3) is 0.500. The molecule has 0 bridgehead atoms. The summed E-state index contributed by atoms with van der Waals surface area (Å²) in [5, 5.41) is 3.48. The summed E-state index contributed by atoms with van der Waals surface area (Å²) in [6, 6.07) is 0. The number of carbonyl (C=O) groups is 1. The Balaban J connectivity index is 2.44. The Labute approximate surface area is 105 Å². The second-order valence-corrected chi connectivity index (χ2v) is 3.84. The van der Waals surface area contributed by atoms with E-state index < -0.39 is 5.91 Å². The van der Waals surface area contributed by atoms with E-state index in [1.165, 1.54) is 0 Å². The number of rotatable bonds is 6. The highest BCUT2D eigenvalue weighted by Gasteiger charge is 2.06. The van der Waals surface area contributed by atoms with Crippen LogP contribution in [0.2, 0.25) is 5.15 Å². The molecule has 3 N–H and O–H groups in total. The maximum absolute atomic E-state index is 10.4. The zero-order valence-electron chi connectivity index (χ0n) is 9.79. The first-order valence-electron chi connectivity index (χ1n) is 5.11. The number of anilines is 1. The molecule has 0 aliphatic carbocycles. The normalized spacial score (nSPS) is 10.3. The monoisotopic (exact) mass is 258 g/mol. The number of hydrogen-bond acceptors (Lipinski definition) is 5. The molecule has 1 aromatic heterocycles. The number of carbonyl (C=O) groups excluding carboxylic acids is 1. The van der Waals surface area contributed by atoms with Gasteiger partial charge in [0.1, 0.15) is 23.4 Å². The number of nitrogens with one attached hydrogen (secondary N) is 1. The summed E-state index contributed by atoms with van der Waals surface area (Å²) in [7, 11) is 0. The summed E-state index contributed by atoms with van der Waals surface area (Å²) in [4.78, 5) is 18.7. The SMILES string of the molecule is Cc1nc(Cl)c(C)c(NCCOCC(N)=O)n1. The van der Waals surface area contributed by atoms with Gasteiger partial charge in [0.05, 0.1) is 6.61 Å². The highest BCUT2D eigenvalue weighted by molar-refractivity contribution is 6.30. The number of halogens is 1. The van der Waals surface area contributed by atoms with Crippen molar-refractivity contribution in [2.45, 2.75) is 13.8 Å². The number of nitrogens with zero attached hydrogens (tertiary/aromatic N) is 2. The minimum Gasteiger partial charge on any atom is -0.370 e. The molecule has 0 aliphatic heterocycles. The number of aromatic nitrogens is 2. The van der Waals surface area contributed by atoms with Crippen molar-refractivity contribution in [3.05, 3.63) is 16.5 Å². The molecule has 1 rings (SSSR count). The molecule has 0 saturated carbocycles. The first kappa shape index (κ1) is 13.7. The van der Waals surface area contributed by atoms with Crippen molar-refractivity contribution in [2.75, 3.05) is 25.1 Å². The van der Waals surface area contributed by atoms with Crippen molar-refractivity contribution >= 4 is 23.3 Å². The predicted octanol–water partition coefficient (Wildman–Crippen LogP) is 0.661. The Bertz CT molecular complexity index is 412. The Hall–Kier alpha value is -1.40. The first-order chi connectivity index (χ1) is 8.00. The second kappa shape index (κ2) is 6.36. The molecule has 0 unspecified atom stereocenters. The molecule has 0 spiro atoms. The van der Waals surface area contributed by atoms with Gasteiger partial charge in [-0.2, -0.15) is 0 Å². The smallest absolute Gasteiger partial charge is 0.243 e. The predicted molar refractivity (Wildman–Crippen MR) is 65.0 cm³/mol. The molecule has 7 heteroatoms. The van der Waals surface area contributed by atoms with Crippen LogP contribution in [-0.2, 0) is 9.53 Å². The summed E-state index contributed by atoms with van der Waals surface area (Å²) < 4.78 is 5.00. The zero-order valence-corrected chi connectivity index (χ0v) is 10.5. The van der Waals surface area contributed by atoms with Crippen LogP contribution in [0.25, 0.3) is 0 Å². The molecule has 0 atom stereocenters. The third kappa shape index (κ3) is 4.54. The Morgan fingerprint density at radius 3 is 2.82 bits per heavy atom. The molecule has 0 aliphatic rings. The van der Waals surface area contributed by atoms with Crippen molar-refractivity contribution in [3.8, 4) is 0 Å². The van der Waals surface area contributed by atoms with E-state index in [2.05, 4.69) is 15.3 Å². The van der Waals surface area contributed by atoms with Crippen LogP contribution in [0.5, 0.6) is 0 Å². The largest absolute Gasteiger partial charge is 0.370 e. The molecule has 0 radical (unpaired) electrons. The van der Waals surface area contributed by atoms with Crippen LogP contribution >= 0.6 is 11.6 Å². The van der Waals surface area contributed by atoms with Gasteiger partial charge in [-0.1, -0.05) is 11.6 Å². The number of nitrogens with two attached hydrogens (primary N) is 1. The summed E-state index contributed by atoms with van der Waals surface area (Å²) >= 11 is 5.92. The molecule has 94 valence electrons. The van der Waals surface area contributed by atoms with Crippen LogP contribution in [0.4, 0.5) is 5.82 Å². The van der Waals surface area contributed by atoms with Crippen LogP contribution in [0.15, 0.2) is 0 Å². The molecular weight excluding hydrogens is 244 g/mol. The van der Waals surface area contributed by atoms with Crippen molar-refractivity contribution in [3.63, 3.8) is 0 Å². The average molecular weight is 259 g/mol. The lowest BCUT2D eigenvalue weighted by molar-refractivity contribution is -0.122.